The molecule has 9 heteroatoms. The predicted molar refractivity (Wildman–Crippen MR) is 152 cm³/mol. The van der Waals surface area contributed by atoms with Crippen molar-refractivity contribution in [3.63, 3.8) is 0 Å². The number of carbonyl (C=O) groups is 3. The summed E-state index contributed by atoms with van der Waals surface area (Å²) in [5.41, 5.74) is 5.58. The molecule has 0 bridgehead atoms. The largest absolute Gasteiger partial charge is 0.490 e. The number of imide groups is 1. The number of rotatable bonds is 7. The topological polar surface area (TPSA) is 115 Å². The van der Waals surface area contributed by atoms with Gasteiger partial charge < -0.3 is 9.47 Å². The van der Waals surface area contributed by atoms with Crippen molar-refractivity contribution in [2.75, 3.05) is 13.2 Å². The number of hydrogen-bond donors (Lipinski definition) is 0. The van der Waals surface area contributed by atoms with Crippen molar-refractivity contribution >= 4 is 23.9 Å². The number of ether oxygens (including phenoxy) is 2. The number of carbonyl (C=O) groups excluding carboxylic acids is 3. The molecule has 1 atom stereocenters. The van der Waals surface area contributed by atoms with E-state index >= 15 is 0 Å². The number of fused-ring (bicyclic) bond motifs is 1. The second-order valence-corrected chi connectivity index (χ2v) is 10.3. The Hall–Kier alpha value is -4.97. The van der Waals surface area contributed by atoms with Gasteiger partial charge in [0.15, 0.2) is 0 Å². The Bertz CT molecular complexity index is 1660. The van der Waals surface area contributed by atoms with E-state index in [0.717, 1.165) is 39.4 Å². The van der Waals surface area contributed by atoms with Crippen molar-refractivity contribution in [2.24, 2.45) is 0 Å². The molecule has 0 saturated carbocycles. The quantitative estimate of drug-likeness (QED) is 0.181. The van der Waals surface area contributed by atoms with Gasteiger partial charge >= 0.3 is 5.97 Å². The van der Waals surface area contributed by atoms with Crippen LogP contribution in [0.1, 0.15) is 43.9 Å². The van der Waals surface area contributed by atoms with Gasteiger partial charge in [-0.2, -0.15) is 10.4 Å². The fourth-order valence-corrected chi connectivity index (χ4v) is 5.21. The van der Waals surface area contributed by atoms with Crippen LogP contribution in [0.25, 0.3) is 23.0 Å². The van der Waals surface area contributed by atoms with Gasteiger partial charge in [-0.1, -0.05) is 18.2 Å². The Morgan fingerprint density at radius 2 is 1.95 bits per heavy atom. The van der Waals surface area contributed by atoms with Crippen molar-refractivity contribution < 1.29 is 23.9 Å². The van der Waals surface area contributed by atoms with Gasteiger partial charge in [0.2, 0.25) is 0 Å². The molecule has 9 nitrogen and oxygen atoms in total. The van der Waals surface area contributed by atoms with Crippen LogP contribution < -0.4 is 4.74 Å². The van der Waals surface area contributed by atoms with E-state index in [2.05, 4.69) is 6.07 Å². The summed E-state index contributed by atoms with van der Waals surface area (Å²) < 4.78 is 12.7. The number of nitrogens with zero attached hydrogens (tertiary/aromatic N) is 4. The van der Waals surface area contributed by atoms with E-state index in [1.54, 1.807) is 17.7 Å². The highest BCUT2D eigenvalue weighted by Crippen LogP contribution is 2.38. The van der Waals surface area contributed by atoms with Crippen LogP contribution in [0.15, 0.2) is 65.4 Å². The van der Waals surface area contributed by atoms with Gasteiger partial charge in [-0.15, -0.1) is 0 Å². The van der Waals surface area contributed by atoms with Gasteiger partial charge in [0, 0.05) is 42.8 Å². The van der Waals surface area contributed by atoms with Crippen molar-refractivity contribution in [2.45, 2.75) is 46.6 Å². The highest BCUT2D eigenvalue weighted by atomic mass is 16.5. The van der Waals surface area contributed by atoms with E-state index in [1.807, 2.05) is 62.5 Å². The molecular formula is C32H30N4O5. The summed E-state index contributed by atoms with van der Waals surface area (Å²) >= 11 is 0. The molecule has 5 rings (SSSR count). The van der Waals surface area contributed by atoms with E-state index in [-0.39, 0.29) is 36.8 Å². The number of aromatic nitrogens is 2. The maximum atomic E-state index is 13.7. The first kappa shape index (κ1) is 27.6. The standard InChI is InChI=1S/C32H30N4O5/c1-19-13-23(15-24-14-20(2)41-30(19)24)29-25(18-36(34-29)26-9-6-5-7-10-26)16-27-21(3)28(17-33)32(39)35(31(27)38)11-8-12-40-22(4)37/h5-7,9-10,13,15-16,18,20H,8,11-12,14H2,1-4H3/b27-16+. The van der Waals surface area contributed by atoms with Crippen LogP contribution in [-0.2, 0) is 25.5 Å². The summed E-state index contributed by atoms with van der Waals surface area (Å²) in [6, 6.07) is 15.7. The zero-order valence-electron chi connectivity index (χ0n) is 23.4. The van der Waals surface area contributed by atoms with Gasteiger partial charge in [-0.05, 0) is 74.2 Å². The predicted octanol–water partition coefficient (Wildman–Crippen LogP) is 4.72. The molecule has 0 fully saturated rings. The van der Waals surface area contributed by atoms with E-state index < -0.39 is 17.8 Å². The van der Waals surface area contributed by atoms with Crippen LogP contribution in [0.3, 0.4) is 0 Å². The molecule has 208 valence electrons. The molecule has 1 aromatic heterocycles. The Morgan fingerprint density at radius 3 is 2.66 bits per heavy atom. The number of benzene rings is 2. The second kappa shape index (κ2) is 11.3. The molecule has 3 aromatic rings. The summed E-state index contributed by atoms with van der Waals surface area (Å²) in [7, 11) is 0. The van der Waals surface area contributed by atoms with Gasteiger partial charge in [0.25, 0.3) is 11.8 Å². The van der Waals surface area contributed by atoms with E-state index in [1.165, 1.54) is 6.92 Å². The highest BCUT2D eigenvalue weighted by molar-refractivity contribution is 6.19. The number of hydrogen-bond acceptors (Lipinski definition) is 7. The minimum Gasteiger partial charge on any atom is -0.490 e. The molecule has 0 spiro atoms. The lowest BCUT2D eigenvalue weighted by Crippen LogP contribution is -2.43. The molecule has 2 amide bonds. The maximum absolute atomic E-state index is 13.7. The molecule has 1 unspecified atom stereocenters. The summed E-state index contributed by atoms with van der Waals surface area (Å²) in [5.74, 6) is -0.716. The second-order valence-electron chi connectivity index (χ2n) is 10.3. The van der Waals surface area contributed by atoms with Crippen LogP contribution in [0.5, 0.6) is 5.75 Å². The first-order chi connectivity index (χ1) is 19.7. The molecule has 2 aliphatic heterocycles. The third-order valence-electron chi connectivity index (χ3n) is 7.17. The minimum atomic E-state index is -0.654. The molecule has 0 saturated heterocycles. The normalized spacial score (nSPS) is 17.5. The lowest BCUT2D eigenvalue weighted by atomic mass is 9.92. The zero-order valence-corrected chi connectivity index (χ0v) is 23.4. The van der Waals surface area contributed by atoms with Gasteiger partial charge in [0.05, 0.1) is 18.0 Å². The smallest absolute Gasteiger partial charge is 0.302 e. The third-order valence-corrected chi connectivity index (χ3v) is 7.17. The number of amides is 2. The summed E-state index contributed by atoms with van der Waals surface area (Å²) in [6.07, 6.45) is 4.67. The molecule has 0 N–H and O–H groups in total. The van der Waals surface area contributed by atoms with Gasteiger partial charge in [-0.3, -0.25) is 19.3 Å². The minimum absolute atomic E-state index is 0.0130. The van der Waals surface area contributed by atoms with Crippen LogP contribution in [0.2, 0.25) is 0 Å². The molecule has 41 heavy (non-hydrogen) atoms. The van der Waals surface area contributed by atoms with Crippen LogP contribution in [-0.4, -0.2) is 51.7 Å². The summed E-state index contributed by atoms with van der Waals surface area (Å²) in [4.78, 5) is 38.8. The number of para-hydroxylation sites is 1. The average molecular weight is 551 g/mol. The fourth-order valence-electron chi connectivity index (χ4n) is 5.21. The molecule has 2 aliphatic rings. The molecular weight excluding hydrogens is 520 g/mol. The Morgan fingerprint density at radius 1 is 1.20 bits per heavy atom. The lowest BCUT2D eigenvalue weighted by molar-refractivity contribution is -0.141. The SMILES string of the molecule is CC(=O)OCCCN1C(=O)C(C#N)=C(C)/C(=C\c2cn(-c3ccccc3)nc2-c2cc(C)c3c(c2)CC(C)O3)C1=O. The van der Waals surface area contributed by atoms with E-state index in [4.69, 9.17) is 14.6 Å². The monoisotopic (exact) mass is 550 g/mol. The molecule has 3 heterocycles. The lowest BCUT2D eigenvalue weighted by Gasteiger charge is -2.27. The summed E-state index contributed by atoms with van der Waals surface area (Å²) in [5, 5.41) is 14.7. The Balaban J connectivity index is 1.61. The van der Waals surface area contributed by atoms with Crippen molar-refractivity contribution in [3.05, 3.63) is 82.1 Å². The van der Waals surface area contributed by atoms with Crippen molar-refractivity contribution in [3.8, 4) is 28.8 Å². The van der Waals surface area contributed by atoms with Crippen LogP contribution in [0.4, 0.5) is 0 Å². The van der Waals surface area contributed by atoms with Gasteiger partial charge in [-0.25, -0.2) is 4.68 Å². The van der Waals surface area contributed by atoms with E-state index in [9.17, 15) is 19.6 Å². The number of nitriles is 1. The Kier molecular flexibility index (Phi) is 7.58. The third kappa shape index (κ3) is 5.41. The van der Waals surface area contributed by atoms with Crippen molar-refractivity contribution in [1.82, 2.24) is 14.7 Å². The number of esters is 1. The highest BCUT2D eigenvalue weighted by Gasteiger charge is 2.35. The molecule has 0 aliphatic carbocycles. The first-order valence-corrected chi connectivity index (χ1v) is 13.5. The van der Waals surface area contributed by atoms with Crippen LogP contribution >= 0.6 is 0 Å². The zero-order chi connectivity index (χ0) is 29.3. The Labute approximate surface area is 238 Å². The van der Waals surface area contributed by atoms with E-state index in [0.29, 0.717) is 16.8 Å². The summed E-state index contributed by atoms with van der Waals surface area (Å²) in [6.45, 7) is 7.01. The first-order valence-electron chi connectivity index (χ1n) is 13.5. The fraction of sp³-hybridized carbons (Fsp3) is 0.281. The maximum Gasteiger partial charge on any atom is 0.302 e. The van der Waals surface area contributed by atoms with Crippen molar-refractivity contribution in [1.29, 1.82) is 5.26 Å². The molecule has 2 aromatic carbocycles. The average Bonchev–Trinajstić information content (AvgIpc) is 3.54. The van der Waals surface area contributed by atoms with Crippen LogP contribution in [0, 0.1) is 18.3 Å². The van der Waals surface area contributed by atoms with Gasteiger partial charge in [0.1, 0.15) is 23.5 Å². The number of aryl methyl sites for hydroxylation is 1. The molecule has 0 radical (unpaired) electrons.